The Morgan fingerprint density at radius 1 is 0.951 bits per heavy atom. The first-order chi connectivity index (χ1) is 19.6. The number of carbonyl (C=O) groups excluding carboxylic acids is 1. The van der Waals surface area contributed by atoms with Gasteiger partial charge in [0.15, 0.2) is 5.69 Å². The molecule has 41 heavy (non-hydrogen) atoms. The second-order valence-corrected chi connectivity index (χ2v) is 13.2. The van der Waals surface area contributed by atoms with E-state index in [0.29, 0.717) is 29.2 Å². The Kier molecular flexibility index (Phi) is 7.38. The second-order valence-electron chi connectivity index (χ2n) is 13.2. The molecule has 1 aromatic carbocycles. The van der Waals surface area contributed by atoms with Gasteiger partial charge in [-0.25, -0.2) is 9.78 Å². The predicted molar refractivity (Wildman–Crippen MR) is 155 cm³/mol. The molecular formula is C31H41N5O5. The van der Waals surface area contributed by atoms with Crippen LogP contribution in [0.15, 0.2) is 34.2 Å². The van der Waals surface area contributed by atoms with Crippen molar-refractivity contribution in [1.29, 1.82) is 0 Å². The van der Waals surface area contributed by atoms with Crippen LogP contribution in [0, 0.1) is 11.8 Å². The van der Waals surface area contributed by atoms with E-state index < -0.39 is 28.7 Å². The molecule has 0 spiro atoms. The van der Waals surface area contributed by atoms with Gasteiger partial charge in [0.2, 0.25) is 11.3 Å². The van der Waals surface area contributed by atoms with E-state index >= 15 is 0 Å². The first kappa shape index (κ1) is 27.9. The SMILES string of the molecule is CC(C)(O/N=C(\C(=O)O)c1nc2ccccc2n(C2C[C@H]3CCC[C@@H](C2)N3C2C[C@H]3CCC[C@@H](C2)C3)c1=O)C(N)=O. The number of oxime groups is 1. The topological polar surface area (TPSA) is 140 Å². The molecule has 0 radical (unpaired) electrons. The summed E-state index contributed by atoms with van der Waals surface area (Å²) in [6, 6.07) is 8.71. The van der Waals surface area contributed by atoms with Gasteiger partial charge in [-0.05, 0) is 82.8 Å². The first-order valence-corrected chi connectivity index (χ1v) is 15.2. The van der Waals surface area contributed by atoms with Crippen molar-refractivity contribution in [2.45, 2.75) is 114 Å². The Balaban J connectivity index is 1.37. The van der Waals surface area contributed by atoms with Crippen LogP contribution in [0.1, 0.15) is 96.2 Å². The van der Waals surface area contributed by atoms with Crippen LogP contribution in [0.3, 0.4) is 0 Å². The van der Waals surface area contributed by atoms with Crippen molar-refractivity contribution in [3.05, 3.63) is 40.3 Å². The molecule has 3 N–H and O–H groups in total. The number of aromatic nitrogens is 2. The maximum atomic E-state index is 14.1. The van der Waals surface area contributed by atoms with Crippen molar-refractivity contribution >= 4 is 28.6 Å². The Bertz CT molecular complexity index is 1410. The second kappa shape index (κ2) is 10.9. The summed E-state index contributed by atoms with van der Waals surface area (Å²) in [6.45, 7) is 2.77. The Labute approximate surface area is 239 Å². The van der Waals surface area contributed by atoms with Gasteiger partial charge in [-0.3, -0.25) is 14.5 Å². The summed E-state index contributed by atoms with van der Waals surface area (Å²) in [5.41, 5.74) is 3.56. The first-order valence-electron chi connectivity index (χ1n) is 15.2. The standard InChI is InChI=1S/C31H41N5O5/c1-31(2,30(32)40)41-34-27(29(38)39)26-28(37)36(25-12-4-3-11-24(25)33-26)23-16-20-9-6-10-21(17-23)35(20)22-14-18-7-5-8-19(13-18)15-22/h3-4,11-12,18-23H,5-10,13-17H2,1-2H3,(H2,32,40)(H,38,39)/b34-27-/t18-,19+,20-,21+,22?,23?. The van der Waals surface area contributed by atoms with E-state index in [1.807, 2.05) is 18.2 Å². The van der Waals surface area contributed by atoms with Gasteiger partial charge in [-0.15, -0.1) is 0 Å². The molecule has 4 aliphatic rings. The number of hydrogen-bond acceptors (Lipinski definition) is 7. The summed E-state index contributed by atoms with van der Waals surface area (Å²) < 4.78 is 1.76. The molecule has 6 rings (SSSR count). The molecule has 2 unspecified atom stereocenters. The highest BCUT2D eigenvalue weighted by molar-refractivity contribution is 6.41. The summed E-state index contributed by atoms with van der Waals surface area (Å²) in [5.74, 6) is -0.562. The molecule has 4 fully saturated rings. The number of primary amides is 1. The lowest BCUT2D eigenvalue weighted by Gasteiger charge is -2.55. The zero-order chi connectivity index (χ0) is 28.9. The fraction of sp³-hybridized carbons (Fsp3) is 0.645. The van der Waals surface area contributed by atoms with Gasteiger partial charge in [0.1, 0.15) is 0 Å². The number of hydrogen-bond donors (Lipinski definition) is 2. The number of carboxylic acid groups (broad SMARTS) is 1. The summed E-state index contributed by atoms with van der Waals surface area (Å²) >= 11 is 0. The van der Waals surface area contributed by atoms with Crippen LogP contribution in [0.4, 0.5) is 0 Å². The average molecular weight is 564 g/mol. The third kappa shape index (κ3) is 5.27. The van der Waals surface area contributed by atoms with Crippen molar-refractivity contribution in [1.82, 2.24) is 14.5 Å². The van der Waals surface area contributed by atoms with Crippen molar-refractivity contribution < 1.29 is 19.5 Å². The fourth-order valence-electron chi connectivity index (χ4n) is 8.19. The normalized spacial score (nSPS) is 30.6. The molecule has 3 heterocycles. The van der Waals surface area contributed by atoms with E-state index in [1.165, 1.54) is 58.8 Å². The minimum absolute atomic E-state index is 0.0817. The van der Waals surface area contributed by atoms with E-state index in [4.69, 9.17) is 10.6 Å². The molecule has 220 valence electrons. The zero-order valence-corrected chi connectivity index (χ0v) is 24.0. The highest BCUT2D eigenvalue weighted by Gasteiger charge is 2.45. The smallest absolute Gasteiger partial charge is 0.360 e. The van der Waals surface area contributed by atoms with Gasteiger partial charge >= 0.3 is 5.97 Å². The van der Waals surface area contributed by atoms with Crippen LogP contribution in [0.2, 0.25) is 0 Å². The molecule has 2 aliphatic heterocycles. The molecule has 2 aliphatic carbocycles. The molecule has 2 saturated carbocycles. The third-order valence-corrected chi connectivity index (χ3v) is 10.1. The molecule has 4 bridgehead atoms. The number of nitrogens with zero attached hydrogens (tertiary/aromatic N) is 4. The number of aliphatic carboxylic acids is 1. The van der Waals surface area contributed by atoms with E-state index in [-0.39, 0.29) is 11.7 Å². The number of nitrogens with two attached hydrogens (primary N) is 1. The van der Waals surface area contributed by atoms with Gasteiger partial charge in [-0.1, -0.05) is 43.0 Å². The van der Waals surface area contributed by atoms with Crippen molar-refractivity contribution in [2.75, 3.05) is 0 Å². The molecular weight excluding hydrogens is 522 g/mol. The highest BCUT2D eigenvalue weighted by atomic mass is 16.7. The van der Waals surface area contributed by atoms with Crippen LogP contribution in [0.25, 0.3) is 11.0 Å². The van der Waals surface area contributed by atoms with Gasteiger partial charge < -0.3 is 20.2 Å². The van der Waals surface area contributed by atoms with Crippen molar-refractivity contribution in [2.24, 2.45) is 22.7 Å². The average Bonchev–Trinajstić information content (AvgIpc) is 2.92. The fourth-order valence-corrected chi connectivity index (χ4v) is 8.19. The minimum atomic E-state index is -1.56. The third-order valence-electron chi connectivity index (χ3n) is 10.1. The Morgan fingerprint density at radius 2 is 1.59 bits per heavy atom. The van der Waals surface area contributed by atoms with E-state index in [9.17, 15) is 19.5 Å². The largest absolute Gasteiger partial charge is 0.476 e. The molecule has 1 aromatic heterocycles. The summed E-state index contributed by atoms with van der Waals surface area (Å²) in [5, 5.41) is 13.7. The van der Waals surface area contributed by atoms with E-state index in [1.54, 1.807) is 10.6 Å². The van der Waals surface area contributed by atoms with E-state index in [0.717, 1.165) is 37.5 Å². The zero-order valence-electron chi connectivity index (χ0n) is 24.0. The molecule has 10 nitrogen and oxygen atoms in total. The predicted octanol–water partition coefficient (Wildman–Crippen LogP) is 3.99. The Morgan fingerprint density at radius 3 is 2.22 bits per heavy atom. The highest BCUT2D eigenvalue weighted by Crippen LogP contribution is 2.47. The summed E-state index contributed by atoms with van der Waals surface area (Å²) in [7, 11) is 0. The number of carboxylic acids is 1. The Hall–Kier alpha value is -3.27. The lowest BCUT2D eigenvalue weighted by molar-refractivity contribution is -0.140. The number of fused-ring (bicyclic) bond motifs is 5. The summed E-state index contributed by atoms with van der Waals surface area (Å²) in [4.78, 5) is 50.7. The number of piperidine rings is 2. The number of para-hydroxylation sites is 2. The van der Waals surface area contributed by atoms with Gasteiger partial charge in [-0.2, -0.15) is 0 Å². The molecule has 1 amide bonds. The number of rotatable bonds is 7. The maximum absolute atomic E-state index is 14.1. The van der Waals surface area contributed by atoms with Gasteiger partial charge in [0.05, 0.1) is 11.0 Å². The number of benzene rings is 1. The van der Waals surface area contributed by atoms with Gasteiger partial charge in [0, 0.05) is 24.2 Å². The van der Waals surface area contributed by atoms with Crippen LogP contribution in [-0.2, 0) is 14.4 Å². The van der Waals surface area contributed by atoms with Crippen LogP contribution in [-0.4, -0.2) is 60.9 Å². The molecule has 2 aromatic rings. The lowest BCUT2D eigenvalue weighted by atomic mass is 9.68. The van der Waals surface area contributed by atoms with E-state index in [2.05, 4.69) is 15.0 Å². The van der Waals surface area contributed by atoms with Crippen LogP contribution in [0.5, 0.6) is 0 Å². The van der Waals surface area contributed by atoms with Crippen LogP contribution >= 0.6 is 0 Å². The van der Waals surface area contributed by atoms with Gasteiger partial charge in [0.25, 0.3) is 11.5 Å². The van der Waals surface area contributed by atoms with Crippen LogP contribution < -0.4 is 11.3 Å². The molecule has 6 atom stereocenters. The lowest BCUT2D eigenvalue weighted by Crippen LogP contribution is -2.58. The monoisotopic (exact) mass is 563 g/mol. The minimum Gasteiger partial charge on any atom is -0.476 e. The number of carbonyl (C=O) groups is 2. The number of amides is 1. The summed E-state index contributed by atoms with van der Waals surface area (Å²) in [6.07, 6.45) is 13.3. The molecule has 10 heteroatoms. The quantitative estimate of drug-likeness (QED) is 0.383. The maximum Gasteiger partial charge on any atom is 0.360 e. The molecule has 2 saturated heterocycles. The van der Waals surface area contributed by atoms with Crippen molar-refractivity contribution in [3.8, 4) is 0 Å². The van der Waals surface area contributed by atoms with Crippen molar-refractivity contribution in [3.63, 3.8) is 0 Å².